The van der Waals surface area contributed by atoms with E-state index >= 15 is 0 Å². The summed E-state index contributed by atoms with van der Waals surface area (Å²) < 4.78 is 25.1. The number of aliphatic hydroxyl groups excluding tert-OH is 1. The van der Waals surface area contributed by atoms with Gasteiger partial charge in [0.2, 0.25) is 0 Å². The van der Waals surface area contributed by atoms with Crippen molar-refractivity contribution in [2.24, 2.45) is 0 Å². The smallest absolute Gasteiger partial charge is 0.127 e. The molecule has 2 unspecified atom stereocenters. The zero-order valence-electron chi connectivity index (χ0n) is 14.1. The molecule has 1 heterocycles. The molecule has 130 valence electrons. The minimum atomic E-state index is -0.592. The van der Waals surface area contributed by atoms with Crippen LogP contribution in [0.1, 0.15) is 32.3 Å². The number of benzene rings is 1. The molecule has 1 fully saturated rings. The molecular formula is C18H28FNO3. The van der Waals surface area contributed by atoms with Gasteiger partial charge in [-0.1, -0.05) is 18.2 Å². The lowest BCUT2D eigenvalue weighted by molar-refractivity contribution is -0.0173. The molecule has 23 heavy (non-hydrogen) atoms. The SMILES string of the molecule is CC(C)OCC(O)CN(Cc1ccccc1F)CC1CCCO1. The maximum Gasteiger partial charge on any atom is 0.127 e. The summed E-state index contributed by atoms with van der Waals surface area (Å²) in [5.74, 6) is -0.210. The molecule has 0 bridgehead atoms. The predicted molar refractivity (Wildman–Crippen MR) is 87.7 cm³/mol. The molecule has 1 aliphatic rings. The molecule has 1 aromatic rings. The van der Waals surface area contributed by atoms with Gasteiger partial charge in [-0.05, 0) is 32.8 Å². The first-order valence-electron chi connectivity index (χ1n) is 8.41. The summed E-state index contributed by atoms with van der Waals surface area (Å²) in [6, 6.07) is 6.78. The lowest BCUT2D eigenvalue weighted by atomic mass is 10.1. The molecule has 5 heteroatoms. The Morgan fingerprint density at radius 1 is 1.39 bits per heavy atom. The van der Waals surface area contributed by atoms with Crippen LogP contribution in [0.4, 0.5) is 4.39 Å². The van der Waals surface area contributed by atoms with Crippen LogP contribution in [0.15, 0.2) is 24.3 Å². The summed E-state index contributed by atoms with van der Waals surface area (Å²) >= 11 is 0. The second-order valence-corrected chi connectivity index (χ2v) is 6.46. The molecule has 0 amide bonds. The van der Waals surface area contributed by atoms with Crippen molar-refractivity contribution in [3.05, 3.63) is 35.6 Å². The van der Waals surface area contributed by atoms with Gasteiger partial charge in [-0.2, -0.15) is 0 Å². The van der Waals surface area contributed by atoms with Crippen LogP contribution in [0.2, 0.25) is 0 Å². The van der Waals surface area contributed by atoms with Gasteiger partial charge in [0, 0.05) is 31.8 Å². The van der Waals surface area contributed by atoms with Crippen molar-refractivity contribution < 1.29 is 19.0 Å². The Bertz CT molecular complexity index is 463. The van der Waals surface area contributed by atoms with Crippen LogP contribution in [-0.4, -0.2) is 54.6 Å². The third-order valence-electron chi connectivity index (χ3n) is 3.93. The van der Waals surface area contributed by atoms with Crippen LogP contribution < -0.4 is 0 Å². The molecule has 1 aliphatic heterocycles. The Balaban J connectivity index is 1.94. The van der Waals surface area contributed by atoms with Gasteiger partial charge in [0.25, 0.3) is 0 Å². The van der Waals surface area contributed by atoms with E-state index < -0.39 is 6.10 Å². The van der Waals surface area contributed by atoms with Crippen LogP contribution in [-0.2, 0) is 16.0 Å². The number of hydrogen-bond donors (Lipinski definition) is 1. The van der Waals surface area contributed by atoms with Gasteiger partial charge in [-0.3, -0.25) is 4.90 Å². The van der Waals surface area contributed by atoms with Crippen LogP contribution in [0, 0.1) is 5.82 Å². The summed E-state index contributed by atoms with van der Waals surface area (Å²) in [6.45, 7) is 6.57. The maximum atomic E-state index is 13.9. The quantitative estimate of drug-likeness (QED) is 0.758. The van der Waals surface area contributed by atoms with E-state index in [0.29, 0.717) is 25.2 Å². The summed E-state index contributed by atoms with van der Waals surface area (Å²) in [5, 5.41) is 10.2. The highest BCUT2D eigenvalue weighted by Crippen LogP contribution is 2.16. The van der Waals surface area contributed by atoms with Gasteiger partial charge >= 0.3 is 0 Å². The molecule has 0 aliphatic carbocycles. The highest BCUT2D eigenvalue weighted by molar-refractivity contribution is 5.17. The van der Waals surface area contributed by atoms with Gasteiger partial charge < -0.3 is 14.6 Å². The monoisotopic (exact) mass is 325 g/mol. The van der Waals surface area contributed by atoms with Crippen molar-refractivity contribution in [2.45, 2.75) is 51.5 Å². The van der Waals surface area contributed by atoms with Crippen LogP contribution >= 0.6 is 0 Å². The molecule has 0 spiro atoms. The number of nitrogens with zero attached hydrogens (tertiary/aromatic N) is 1. The summed E-state index contributed by atoms with van der Waals surface area (Å²) in [7, 11) is 0. The zero-order chi connectivity index (χ0) is 16.7. The standard InChI is InChI=1S/C18H28FNO3/c1-14(2)23-13-16(21)11-20(12-17-7-5-9-22-17)10-15-6-3-4-8-18(15)19/h3-4,6,8,14,16-17,21H,5,7,9-13H2,1-2H3. The van der Waals surface area contributed by atoms with Crippen molar-refractivity contribution in [1.82, 2.24) is 4.90 Å². The number of aliphatic hydroxyl groups is 1. The van der Waals surface area contributed by atoms with E-state index in [4.69, 9.17) is 9.47 Å². The Hall–Kier alpha value is -1.01. The molecule has 0 aromatic heterocycles. The first-order chi connectivity index (χ1) is 11.0. The average Bonchev–Trinajstić information content (AvgIpc) is 3.00. The third kappa shape index (κ3) is 6.55. The molecule has 0 saturated carbocycles. The largest absolute Gasteiger partial charge is 0.389 e. The maximum absolute atomic E-state index is 13.9. The van der Waals surface area contributed by atoms with E-state index in [9.17, 15) is 9.50 Å². The Kier molecular flexibility index (Phi) is 7.43. The third-order valence-corrected chi connectivity index (χ3v) is 3.93. The van der Waals surface area contributed by atoms with E-state index in [1.807, 2.05) is 19.9 Å². The van der Waals surface area contributed by atoms with Gasteiger partial charge in [0.1, 0.15) is 5.82 Å². The number of rotatable bonds is 9. The van der Waals surface area contributed by atoms with Crippen molar-refractivity contribution in [2.75, 3.05) is 26.3 Å². The first kappa shape index (κ1) is 18.3. The van der Waals surface area contributed by atoms with Gasteiger partial charge in [-0.15, -0.1) is 0 Å². The molecule has 2 atom stereocenters. The molecule has 4 nitrogen and oxygen atoms in total. The molecule has 1 aromatic carbocycles. The second kappa shape index (κ2) is 9.33. The van der Waals surface area contributed by atoms with Crippen molar-refractivity contribution >= 4 is 0 Å². The van der Waals surface area contributed by atoms with Crippen molar-refractivity contribution in [1.29, 1.82) is 0 Å². The fraction of sp³-hybridized carbons (Fsp3) is 0.667. The Morgan fingerprint density at radius 3 is 2.83 bits per heavy atom. The topological polar surface area (TPSA) is 41.9 Å². The van der Waals surface area contributed by atoms with Crippen LogP contribution in [0.3, 0.4) is 0 Å². The van der Waals surface area contributed by atoms with E-state index in [2.05, 4.69) is 4.90 Å². The highest BCUT2D eigenvalue weighted by Gasteiger charge is 2.22. The van der Waals surface area contributed by atoms with Gasteiger partial charge in [0.15, 0.2) is 0 Å². The van der Waals surface area contributed by atoms with Crippen molar-refractivity contribution in [3.63, 3.8) is 0 Å². The zero-order valence-corrected chi connectivity index (χ0v) is 14.1. The normalized spacial score (nSPS) is 19.7. The Labute approximate surface area is 138 Å². The minimum absolute atomic E-state index is 0.0860. The molecule has 0 radical (unpaired) electrons. The van der Waals surface area contributed by atoms with E-state index in [1.165, 1.54) is 6.07 Å². The number of halogens is 1. The van der Waals surface area contributed by atoms with E-state index in [-0.39, 0.29) is 24.6 Å². The lowest BCUT2D eigenvalue weighted by Gasteiger charge is -2.28. The fourth-order valence-electron chi connectivity index (χ4n) is 2.80. The van der Waals surface area contributed by atoms with E-state index in [0.717, 1.165) is 19.4 Å². The minimum Gasteiger partial charge on any atom is -0.389 e. The van der Waals surface area contributed by atoms with Crippen molar-refractivity contribution in [3.8, 4) is 0 Å². The van der Waals surface area contributed by atoms with Crippen LogP contribution in [0.5, 0.6) is 0 Å². The molecular weight excluding hydrogens is 297 g/mol. The van der Waals surface area contributed by atoms with Gasteiger partial charge in [0.05, 0.1) is 24.9 Å². The summed E-state index contributed by atoms with van der Waals surface area (Å²) in [6.07, 6.45) is 1.75. The summed E-state index contributed by atoms with van der Waals surface area (Å²) in [4.78, 5) is 2.06. The fourth-order valence-corrected chi connectivity index (χ4v) is 2.80. The average molecular weight is 325 g/mol. The predicted octanol–water partition coefficient (Wildman–Crippen LogP) is 2.59. The lowest BCUT2D eigenvalue weighted by Crippen LogP contribution is -2.39. The highest BCUT2D eigenvalue weighted by atomic mass is 19.1. The van der Waals surface area contributed by atoms with Crippen LogP contribution in [0.25, 0.3) is 0 Å². The molecule has 2 rings (SSSR count). The number of ether oxygens (including phenoxy) is 2. The summed E-state index contributed by atoms with van der Waals surface area (Å²) in [5.41, 5.74) is 0.641. The second-order valence-electron chi connectivity index (χ2n) is 6.46. The Morgan fingerprint density at radius 2 is 2.17 bits per heavy atom. The number of hydrogen-bond acceptors (Lipinski definition) is 4. The van der Waals surface area contributed by atoms with E-state index in [1.54, 1.807) is 12.1 Å². The molecule has 1 saturated heterocycles. The first-order valence-corrected chi connectivity index (χ1v) is 8.41. The molecule has 1 N–H and O–H groups in total. The van der Waals surface area contributed by atoms with Gasteiger partial charge in [-0.25, -0.2) is 4.39 Å².